The first-order valence-corrected chi connectivity index (χ1v) is 6.21. The molecule has 2 N–H and O–H groups in total. The number of hydrogen-bond acceptors (Lipinski definition) is 2. The van der Waals surface area contributed by atoms with Crippen molar-refractivity contribution in [3.63, 3.8) is 0 Å². The van der Waals surface area contributed by atoms with Crippen LogP contribution in [0.25, 0.3) is 0 Å². The van der Waals surface area contributed by atoms with Gasteiger partial charge in [-0.2, -0.15) is 0 Å². The van der Waals surface area contributed by atoms with Crippen molar-refractivity contribution >= 4 is 5.97 Å². The molecule has 0 aromatic carbocycles. The second-order valence-electron chi connectivity index (χ2n) is 5.08. The molecule has 3 nitrogen and oxygen atoms in total. The number of aliphatic carboxylic acids is 1. The fourth-order valence-corrected chi connectivity index (χ4v) is 3.26. The molecule has 1 aliphatic heterocycles. The molecule has 2 aliphatic rings. The number of nitrogens with one attached hydrogen (secondary N) is 1. The van der Waals surface area contributed by atoms with Crippen LogP contribution in [0.4, 0.5) is 0 Å². The molecule has 0 amide bonds. The van der Waals surface area contributed by atoms with Gasteiger partial charge < -0.3 is 10.4 Å². The molecule has 2 fully saturated rings. The zero-order chi connectivity index (χ0) is 10.7. The highest BCUT2D eigenvalue weighted by atomic mass is 16.4. The fourth-order valence-electron chi connectivity index (χ4n) is 3.26. The molecule has 15 heavy (non-hydrogen) atoms. The Morgan fingerprint density at radius 2 is 1.93 bits per heavy atom. The molecule has 0 aromatic rings. The summed E-state index contributed by atoms with van der Waals surface area (Å²) in [5, 5.41) is 12.1. The summed E-state index contributed by atoms with van der Waals surface area (Å²) >= 11 is 0. The smallest absolute Gasteiger partial charge is 0.304 e. The first-order valence-electron chi connectivity index (χ1n) is 6.21. The SMILES string of the molecule is O=C(O)CC1CC(C2CCCC2)CCN1. The van der Waals surface area contributed by atoms with E-state index in [1.165, 1.54) is 32.1 Å². The van der Waals surface area contributed by atoms with Gasteiger partial charge in [-0.25, -0.2) is 0 Å². The van der Waals surface area contributed by atoms with Gasteiger partial charge in [0.1, 0.15) is 0 Å². The van der Waals surface area contributed by atoms with Crippen molar-refractivity contribution in [1.29, 1.82) is 0 Å². The maximum atomic E-state index is 10.7. The van der Waals surface area contributed by atoms with Gasteiger partial charge in [-0.1, -0.05) is 25.7 Å². The quantitative estimate of drug-likeness (QED) is 0.751. The largest absolute Gasteiger partial charge is 0.481 e. The molecular weight excluding hydrogens is 190 g/mol. The Balaban J connectivity index is 1.83. The Labute approximate surface area is 91.2 Å². The number of piperidine rings is 1. The summed E-state index contributed by atoms with van der Waals surface area (Å²) in [7, 11) is 0. The molecular formula is C12H21NO2. The van der Waals surface area contributed by atoms with Gasteiger partial charge in [-0.3, -0.25) is 4.79 Å². The topological polar surface area (TPSA) is 49.3 Å². The number of rotatable bonds is 3. The van der Waals surface area contributed by atoms with Crippen molar-refractivity contribution in [1.82, 2.24) is 5.32 Å². The summed E-state index contributed by atoms with van der Waals surface area (Å²) < 4.78 is 0. The third kappa shape index (κ3) is 2.94. The lowest BCUT2D eigenvalue weighted by molar-refractivity contribution is -0.137. The van der Waals surface area contributed by atoms with E-state index in [1.807, 2.05) is 0 Å². The van der Waals surface area contributed by atoms with E-state index in [0.29, 0.717) is 6.42 Å². The van der Waals surface area contributed by atoms with Crippen molar-refractivity contribution < 1.29 is 9.90 Å². The van der Waals surface area contributed by atoms with E-state index in [0.717, 1.165) is 24.8 Å². The van der Waals surface area contributed by atoms with Crippen LogP contribution in [0.15, 0.2) is 0 Å². The molecule has 0 bridgehead atoms. The van der Waals surface area contributed by atoms with Gasteiger partial charge in [0.05, 0.1) is 6.42 Å². The maximum Gasteiger partial charge on any atom is 0.304 e. The van der Waals surface area contributed by atoms with Gasteiger partial charge in [0.2, 0.25) is 0 Å². The van der Waals surface area contributed by atoms with Crippen LogP contribution >= 0.6 is 0 Å². The maximum absolute atomic E-state index is 10.7. The Morgan fingerprint density at radius 3 is 2.60 bits per heavy atom. The number of carboxylic acids is 1. The van der Waals surface area contributed by atoms with Crippen molar-refractivity contribution in [2.24, 2.45) is 11.8 Å². The zero-order valence-electron chi connectivity index (χ0n) is 9.24. The summed E-state index contributed by atoms with van der Waals surface area (Å²) in [6.45, 7) is 1.01. The molecule has 0 aromatic heterocycles. The van der Waals surface area contributed by atoms with Crippen LogP contribution in [0.1, 0.15) is 44.9 Å². The van der Waals surface area contributed by atoms with E-state index < -0.39 is 5.97 Å². The molecule has 86 valence electrons. The third-order valence-electron chi connectivity index (χ3n) is 4.02. The van der Waals surface area contributed by atoms with Crippen molar-refractivity contribution in [2.75, 3.05) is 6.54 Å². The highest BCUT2D eigenvalue weighted by Crippen LogP contribution is 2.36. The molecule has 0 spiro atoms. The van der Waals surface area contributed by atoms with Crippen LogP contribution in [-0.4, -0.2) is 23.7 Å². The molecule has 2 rings (SSSR count). The first-order chi connectivity index (χ1) is 7.25. The average molecular weight is 211 g/mol. The lowest BCUT2D eigenvalue weighted by Crippen LogP contribution is -2.41. The first kappa shape index (κ1) is 10.9. The molecule has 2 unspecified atom stereocenters. The lowest BCUT2D eigenvalue weighted by atomic mass is 9.80. The molecule has 1 saturated heterocycles. The number of carbonyl (C=O) groups is 1. The second kappa shape index (κ2) is 4.97. The normalized spacial score (nSPS) is 33.1. The minimum Gasteiger partial charge on any atom is -0.481 e. The fraction of sp³-hybridized carbons (Fsp3) is 0.917. The van der Waals surface area contributed by atoms with E-state index in [9.17, 15) is 4.79 Å². The van der Waals surface area contributed by atoms with Crippen LogP contribution in [0, 0.1) is 11.8 Å². The van der Waals surface area contributed by atoms with Crippen LogP contribution < -0.4 is 5.32 Å². The Bertz CT molecular complexity index is 224. The minimum atomic E-state index is -0.667. The van der Waals surface area contributed by atoms with Crippen LogP contribution in [0.5, 0.6) is 0 Å². The lowest BCUT2D eigenvalue weighted by Gasteiger charge is -2.33. The van der Waals surface area contributed by atoms with Gasteiger partial charge >= 0.3 is 5.97 Å². The minimum absolute atomic E-state index is 0.224. The van der Waals surface area contributed by atoms with Gasteiger partial charge in [0, 0.05) is 6.04 Å². The molecule has 3 heteroatoms. The molecule has 0 radical (unpaired) electrons. The highest BCUT2D eigenvalue weighted by molar-refractivity contribution is 5.67. The highest BCUT2D eigenvalue weighted by Gasteiger charge is 2.30. The van der Waals surface area contributed by atoms with Crippen molar-refractivity contribution in [3.05, 3.63) is 0 Å². The van der Waals surface area contributed by atoms with Gasteiger partial charge in [-0.05, 0) is 31.2 Å². The third-order valence-corrected chi connectivity index (χ3v) is 4.02. The predicted octanol–water partition coefficient (Wildman–Crippen LogP) is 2.02. The van der Waals surface area contributed by atoms with E-state index in [4.69, 9.17) is 5.11 Å². The van der Waals surface area contributed by atoms with E-state index >= 15 is 0 Å². The summed E-state index contributed by atoms with van der Waals surface area (Å²) in [6, 6.07) is 0.224. The van der Waals surface area contributed by atoms with Crippen molar-refractivity contribution in [2.45, 2.75) is 51.0 Å². The van der Waals surface area contributed by atoms with Crippen molar-refractivity contribution in [3.8, 4) is 0 Å². The van der Waals surface area contributed by atoms with Crippen LogP contribution in [0.2, 0.25) is 0 Å². The molecule has 1 saturated carbocycles. The Kier molecular flexibility index (Phi) is 3.62. The van der Waals surface area contributed by atoms with Gasteiger partial charge in [0.15, 0.2) is 0 Å². The van der Waals surface area contributed by atoms with Gasteiger partial charge in [-0.15, -0.1) is 0 Å². The molecule has 1 heterocycles. The van der Waals surface area contributed by atoms with Gasteiger partial charge in [0.25, 0.3) is 0 Å². The van der Waals surface area contributed by atoms with E-state index in [-0.39, 0.29) is 6.04 Å². The molecule has 1 aliphatic carbocycles. The standard InChI is InChI=1S/C12H21NO2/c14-12(15)8-11-7-10(5-6-13-11)9-3-1-2-4-9/h9-11,13H,1-8H2,(H,14,15). The number of carboxylic acid groups (broad SMARTS) is 1. The van der Waals surface area contributed by atoms with E-state index in [2.05, 4.69) is 5.32 Å². The van der Waals surface area contributed by atoms with E-state index in [1.54, 1.807) is 0 Å². The second-order valence-corrected chi connectivity index (χ2v) is 5.08. The van der Waals surface area contributed by atoms with Crippen LogP contribution in [0.3, 0.4) is 0 Å². The summed E-state index contributed by atoms with van der Waals surface area (Å²) in [6.07, 6.45) is 8.16. The molecule has 2 atom stereocenters. The Hall–Kier alpha value is -0.570. The summed E-state index contributed by atoms with van der Waals surface area (Å²) in [4.78, 5) is 10.7. The average Bonchev–Trinajstić information content (AvgIpc) is 2.69. The summed E-state index contributed by atoms with van der Waals surface area (Å²) in [5.74, 6) is 1.01. The monoisotopic (exact) mass is 211 g/mol. The number of hydrogen-bond donors (Lipinski definition) is 2. The Morgan fingerprint density at radius 1 is 1.20 bits per heavy atom. The predicted molar refractivity (Wildman–Crippen MR) is 58.7 cm³/mol. The zero-order valence-corrected chi connectivity index (χ0v) is 9.24. The summed E-state index contributed by atoms with van der Waals surface area (Å²) in [5.41, 5.74) is 0. The van der Waals surface area contributed by atoms with Crippen LogP contribution in [-0.2, 0) is 4.79 Å².